The van der Waals surface area contributed by atoms with Gasteiger partial charge in [-0.25, -0.2) is 4.79 Å². The maximum absolute atomic E-state index is 11.5. The van der Waals surface area contributed by atoms with Crippen molar-refractivity contribution in [2.45, 2.75) is 31.3 Å². The number of carbonyl (C=O) groups is 2. The fourth-order valence-corrected chi connectivity index (χ4v) is 2.42. The predicted molar refractivity (Wildman–Crippen MR) is 49.2 cm³/mol. The lowest BCUT2D eigenvalue weighted by atomic mass is 9.66. The first kappa shape index (κ1) is 10.4. The molecule has 5 heteroatoms. The number of methoxy groups -OCH3 is 1. The molecule has 0 amide bonds. The zero-order chi connectivity index (χ0) is 11.1. The van der Waals surface area contributed by atoms with Crippen LogP contribution in [0.25, 0.3) is 0 Å². The molecule has 1 N–H and O–H groups in total. The zero-order valence-corrected chi connectivity index (χ0v) is 8.62. The average molecular weight is 214 g/mol. The molecule has 0 radical (unpaired) electrons. The third kappa shape index (κ3) is 1.33. The molecule has 84 valence electrons. The Labute approximate surface area is 87.4 Å². The first-order valence-corrected chi connectivity index (χ1v) is 5.00. The van der Waals surface area contributed by atoms with Crippen molar-refractivity contribution in [3.8, 4) is 0 Å². The van der Waals surface area contributed by atoms with Gasteiger partial charge in [0.05, 0.1) is 19.1 Å². The van der Waals surface area contributed by atoms with Gasteiger partial charge >= 0.3 is 11.9 Å². The van der Waals surface area contributed by atoms with E-state index < -0.39 is 17.0 Å². The van der Waals surface area contributed by atoms with E-state index in [1.807, 2.05) is 0 Å². The van der Waals surface area contributed by atoms with Crippen LogP contribution in [0.1, 0.15) is 25.7 Å². The SMILES string of the molecule is COC(=O)C12CCC(C(=O)O)(CC1)CO2. The largest absolute Gasteiger partial charge is 0.481 e. The lowest BCUT2D eigenvalue weighted by molar-refractivity contribution is -0.216. The van der Waals surface area contributed by atoms with Crippen molar-refractivity contribution in [1.29, 1.82) is 0 Å². The number of hydrogen-bond donors (Lipinski definition) is 1. The van der Waals surface area contributed by atoms with Gasteiger partial charge in [0, 0.05) is 0 Å². The summed E-state index contributed by atoms with van der Waals surface area (Å²) in [7, 11) is 1.33. The van der Waals surface area contributed by atoms with Crippen LogP contribution < -0.4 is 0 Å². The summed E-state index contributed by atoms with van der Waals surface area (Å²) >= 11 is 0. The summed E-state index contributed by atoms with van der Waals surface area (Å²) in [6.45, 7) is 0.122. The molecule has 3 fully saturated rings. The molecule has 1 aliphatic carbocycles. The van der Waals surface area contributed by atoms with Crippen molar-refractivity contribution in [1.82, 2.24) is 0 Å². The molecule has 0 aromatic heterocycles. The molecule has 2 saturated heterocycles. The second-order valence-corrected chi connectivity index (χ2v) is 4.36. The van der Waals surface area contributed by atoms with E-state index in [2.05, 4.69) is 0 Å². The molecule has 0 spiro atoms. The maximum atomic E-state index is 11.5. The van der Waals surface area contributed by atoms with Crippen LogP contribution in [0, 0.1) is 5.41 Å². The summed E-state index contributed by atoms with van der Waals surface area (Å²) in [5.74, 6) is -1.19. The van der Waals surface area contributed by atoms with Crippen molar-refractivity contribution in [2.24, 2.45) is 5.41 Å². The van der Waals surface area contributed by atoms with E-state index in [4.69, 9.17) is 14.6 Å². The highest BCUT2D eigenvalue weighted by Gasteiger charge is 2.57. The van der Waals surface area contributed by atoms with Gasteiger partial charge in [-0.05, 0) is 25.7 Å². The van der Waals surface area contributed by atoms with E-state index in [1.165, 1.54) is 7.11 Å². The average Bonchev–Trinajstić information content (AvgIpc) is 2.30. The van der Waals surface area contributed by atoms with Gasteiger partial charge in [0.2, 0.25) is 0 Å². The summed E-state index contributed by atoms with van der Waals surface area (Å²) in [5.41, 5.74) is -1.64. The Morgan fingerprint density at radius 2 is 1.87 bits per heavy atom. The smallest absolute Gasteiger partial charge is 0.338 e. The van der Waals surface area contributed by atoms with Gasteiger partial charge < -0.3 is 14.6 Å². The van der Waals surface area contributed by atoms with E-state index in [-0.39, 0.29) is 12.6 Å². The third-order valence-electron chi connectivity index (χ3n) is 3.65. The predicted octanol–water partition coefficient (Wildman–Crippen LogP) is 0.573. The molecule has 0 unspecified atom stereocenters. The Kier molecular flexibility index (Phi) is 2.22. The van der Waals surface area contributed by atoms with Gasteiger partial charge in [-0.1, -0.05) is 0 Å². The Bertz CT molecular complexity index is 284. The normalized spacial score (nSPS) is 38.7. The minimum Gasteiger partial charge on any atom is -0.481 e. The van der Waals surface area contributed by atoms with Crippen LogP contribution in [0.2, 0.25) is 0 Å². The number of aliphatic carboxylic acids is 1. The third-order valence-corrected chi connectivity index (χ3v) is 3.65. The van der Waals surface area contributed by atoms with E-state index in [0.717, 1.165) is 0 Å². The molecule has 5 nitrogen and oxygen atoms in total. The molecule has 0 atom stereocenters. The van der Waals surface area contributed by atoms with Gasteiger partial charge in [0.15, 0.2) is 5.60 Å². The summed E-state index contributed by atoms with van der Waals surface area (Å²) < 4.78 is 10.1. The number of carboxylic acids is 1. The number of hydrogen-bond acceptors (Lipinski definition) is 4. The van der Waals surface area contributed by atoms with Gasteiger partial charge in [0.1, 0.15) is 0 Å². The number of carbonyl (C=O) groups excluding carboxylic acids is 1. The maximum Gasteiger partial charge on any atom is 0.338 e. The van der Waals surface area contributed by atoms with E-state index in [0.29, 0.717) is 25.7 Å². The quantitative estimate of drug-likeness (QED) is 0.680. The summed E-state index contributed by atoms with van der Waals surface area (Å²) in [4.78, 5) is 22.6. The molecule has 0 aromatic rings. The van der Waals surface area contributed by atoms with Crippen LogP contribution >= 0.6 is 0 Å². The molecule has 0 aromatic carbocycles. The van der Waals surface area contributed by atoms with Crippen molar-refractivity contribution < 1.29 is 24.2 Å². The molecule has 2 aliphatic heterocycles. The number of rotatable bonds is 2. The number of ether oxygens (including phenoxy) is 2. The first-order chi connectivity index (χ1) is 7.05. The molecule has 3 rings (SSSR count). The van der Waals surface area contributed by atoms with Gasteiger partial charge in [-0.15, -0.1) is 0 Å². The Morgan fingerprint density at radius 1 is 1.27 bits per heavy atom. The highest BCUT2D eigenvalue weighted by Crippen LogP contribution is 2.49. The lowest BCUT2D eigenvalue weighted by Crippen LogP contribution is -2.58. The van der Waals surface area contributed by atoms with E-state index in [1.54, 1.807) is 0 Å². The standard InChI is InChI=1S/C10H14O5/c1-14-8(13)10-4-2-9(3-5-10,6-15-10)7(11)12/h2-6H2,1H3,(H,11,12). The van der Waals surface area contributed by atoms with Crippen molar-refractivity contribution in [2.75, 3.05) is 13.7 Å². The molecule has 3 aliphatic rings. The number of carboxylic acid groups (broad SMARTS) is 1. The molecular weight excluding hydrogens is 200 g/mol. The van der Waals surface area contributed by atoms with Gasteiger partial charge in [-0.2, -0.15) is 0 Å². The minimum absolute atomic E-state index is 0.122. The number of esters is 1. The van der Waals surface area contributed by atoms with Crippen molar-refractivity contribution in [3.63, 3.8) is 0 Å². The Balaban J connectivity index is 2.17. The second-order valence-electron chi connectivity index (χ2n) is 4.36. The van der Waals surface area contributed by atoms with Gasteiger partial charge in [0.25, 0.3) is 0 Å². The summed E-state index contributed by atoms with van der Waals surface area (Å²) in [6, 6.07) is 0. The first-order valence-electron chi connectivity index (χ1n) is 5.00. The second kappa shape index (κ2) is 3.20. The Morgan fingerprint density at radius 3 is 2.20 bits per heavy atom. The molecule has 2 bridgehead atoms. The van der Waals surface area contributed by atoms with Crippen LogP contribution in [0.15, 0.2) is 0 Å². The van der Waals surface area contributed by atoms with Crippen LogP contribution in [-0.4, -0.2) is 36.4 Å². The highest BCUT2D eigenvalue weighted by atomic mass is 16.6. The van der Waals surface area contributed by atoms with Gasteiger partial charge in [-0.3, -0.25) is 4.79 Å². The summed E-state index contributed by atoms with van der Waals surface area (Å²) in [5, 5.41) is 9.10. The zero-order valence-electron chi connectivity index (χ0n) is 8.62. The van der Waals surface area contributed by atoms with Crippen LogP contribution in [-0.2, 0) is 19.1 Å². The monoisotopic (exact) mass is 214 g/mol. The van der Waals surface area contributed by atoms with Crippen molar-refractivity contribution in [3.05, 3.63) is 0 Å². The fraction of sp³-hybridized carbons (Fsp3) is 0.800. The van der Waals surface area contributed by atoms with E-state index in [9.17, 15) is 9.59 Å². The Hall–Kier alpha value is -1.10. The fourth-order valence-electron chi connectivity index (χ4n) is 2.42. The number of fused-ring (bicyclic) bond motifs is 3. The molecule has 15 heavy (non-hydrogen) atoms. The van der Waals surface area contributed by atoms with E-state index >= 15 is 0 Å². The minimum atomic E-state index is -0.869. The summed E-state index contributed by atoms with van der Waals surface area (Å²) in [6.07, 6.45) is 1.90. The van der Waals surface area contributed by atoms with Crippen LogP contribution in [0.4, 0.5) is 0 Å². The topological polar surface area (TPSA) is 72.8 Å². The molecular formula is C10H14O5. The lowest BCUT2D eigenvalue weighted by Gasteiger charge is -2.48. The molecule has 1 saturated carbocycles. The van der Waals surface area contributed by atoms with Crippen LogP contribution in [0.5, 0.6) is 0 Å². The highest BCUT2D eigenvalue weighted by molar-refractivity contribution is 5.82. The van der Waals surface area contributed by atoms with Crippen LogP contribution in [0.3, 0.4) is 0 Å². The molecule has 2 heterocycles. The van der Waals surface area contributed by atoms with Crippen molar-refractivity contribution >= 4 is 11.9 Å².